The van der Waals surface area contributed by atoms with Crippen LogP contribution in [0.1, 0.15) is 51.5 Å². The molecule has 1 aromatic carbocycles. The number of amides is 2. The van der Waals surface area contributed by atoms with Gasteiger partial charge in [0, 0.05) is 12.8 Å². The average molecular weight is 459 g/mol. The Labute approximate surface area is 197 Å². The van der Waals surface area contributed by atoms with Crippen molar-refractivity contribution in [3.63, 3.8) is 0 Å². The SMILES string of the molecule is C=CCCCC(=O)OCC(C)(C)NC(=O)C(CC=C)CC(=O)NC(CO)Cc1ccccc1. The van der Waals surface area contributed by atoms with Crippen molar-refractivity contribution in [2.45, 2.75) is 64.0 Å². The maximum Gasteiger partial charge on any atom is 0.305 e. The molecule has 0 aliphatic rings. The van der Waals surface area contributed by atoms with Crippen LogP contribution in [0.4, 0.5) is 0 Å². The Kier molecular flexibility index (Phi) is 12.8. The largest absolute Gasteiger partial charge is 0.463 e. The van der Waals surface area contributed by atoms with E-state index in [0.29, 0.717) is 25.7 Å². The number of carbonyl (C=O) groups excluding carboxylic acids is 3. The minimum atomic E-state index is -0.790. The van der Waals surface area contributed by atoms with Crippen LogP contribution >= 0.6 is 0 Å². The number of aliphatic hydroxyl groups excluding tert-OH is 1. The Balaban J connectivity index is 2.60. The predicted molar refractivity (Wildman–Crippen MR) is 129 cm³/mol. The maximum atomic E-state index is 12.8. The van der Waals surface area contributed by atoms with Crippen molar-refractivity contribution in [3.8, 4) is 0 Å². The number of benzene rings is 1. The van der Waals surface area contributed by atoms with Crippen LogP contribution in [-0.2, 0) is 25.5 Å². The van der Waals surface area contributed by atoms with Crippen molar-refractivity contribution in [2.75, 3.05) is 13.2 Å². The molecular weight excluding hydrogens is 420 g/mol. The van der Waals surface area contributed by atoms with E-state index >= 15 is 0 Å². The van der Waals surface area contributed by atoms with Gasteiger partial charge in [0.2, 0.25) is 11.8 Å². The topological polar surface area (TPSA) is 105 Å². The molecule has 0 saturated heterocycles. The van der Waals surface area contributed by atoms with Gasteiger partial charge in [0.1, 0.15) is 6.61 Å². The summed E-state index contributed by atoms with van der Waals surface area (Å²) in [7, 11) is 0. The second-order valence-electron chi connectivity index (χ2n) is 8.78. The highest BCUT2D eigenvalue weighted by Gasteiger charge is 2.28. The van der Waals surface area contributed by atoms with E-state index in [0.717, 1.165) is 12.0 Å². The van der Waals surface area contributed by atoms with Crippen LogP contribution in [0, 0.1) is 5.92 Å². The smallest absolute Gasteiger partial charge is 0.305 e. The third kappa shape index (κ3) is 12.0. The molecule has 0 bridgehead atoms. The second-order valence-corrected chi connectivity index (χ2v) is 8.78. The lowest BCUT2D eigenvalue weighted by Gasteiger charge is -2.28. The zero-order chi connectivity index (χ0) is 24.7. The number of unbranched alkanes of at least 4 members (excludes halogenated alkanes) is 1. The van der Waals surface area contributed by atoms with Crippen molar-refractivity contribution >= 4 is 17.8 Å². The molecule has 0 aromatic heterocycles. The molecule has 0 spiro atoms. The average Bonchev–Trinajstić information content (AvgIpc) is 2.77. The summed E-state index contributed by atoms with van der Waals surface area (Å²) in [6, 6.07) is 9.12. The zero-order valence-corrected chi connectivity index (χ0v) is 19.8. The highest BCUT2D eigenvalue weighted by Crippen LogP contribution is 2.14. The van der Waals surface area contributed by atoms with Crippen LogP contribution in [0.15, 0.2) is 55.6 Å². The van der Waals surface area contributed by atoms with Crippen molar-refractivity contribution in [1.82, 2.24) is 10.6 Å². The lowest BCUT2D eigenvalue weighted by molar-refractivity contribution is -0.146. The van der Waals surface area contributed by atoms with Crippen molar-refractivity contribution in [1.29, 1.82) is 0 Å². The molecule has 182 valence electrons. The quantitative estimate of drug-likeness (QED) is 0.201. The van der Waals surface area contributed by atoms with Gasteiger partial charge in [0.05, 0.1) is 24.1 Å². The second kappa shape index (κ2) is 15.0. The monoisotopic (exact) mass is 458 g/mol. The lowest BCUT2D eigenvalue weighted by Crippen LogP contribution is -2.50. The van der Waals surface area contributed by atoms with Gasteiger partial charge in [-0.1, -0.05) is 42.5 Å². The summed E-state index contributed by atoms with van der Waals surface area (Å²) < 4.78 is 5.28. The molecule has 1 rings (SSSR count). The Hall–Kier alpha value is -2.93. The minimum absolute atomic E-state index is 0.0301. The van der Waals surface area contributed by atoms with Gasteiger partial charge in [-0.15, -0.1) is 13.2 Å². The summed E-state index contributed by atoms with van der Waals surface area (Å²) in [6.45, 7) is 10.6. The third-order valence-corrected chi connectivity index (χ3v) is 5.01. The van der Waals surface area contributed by atoms with Gasteiger partial charge < -0.3 is 20.5 Å². The van der Waals surface area contributed by atoms with Gasteiger partial charge in [-0.25, -0.2) is 0 Å². The van der Waals surface area contributed by atoms with Crippen molar-refractivity contribution < 1.29 is 24.2 Å². The van der Waals surface area contributed by atoms with E-state index in [1.54, 1.807) is 26.0 Å². The Morgan fingerprint density at radius 2 is 1.85 bits per heavy atom. The molecule has 0 aliphatic carbocycles. The molecule has 7 nitrogen and oxygen atoms in total. The Bertz CT molecular complexity index is 776. The Morgan fingerprint density at radius 3 is 2.45 bits per heavy atom. The molecule has 3 N–H and O–H groups in total. The highest BCUT2D eigenvalue weighted by atomic mass is 16.5. The molecule has 2 unspecified atom stereocenters. The van der Waals surface area contributed by atoms with E-state index < -0.39 is 17.5 Å². The molecule has 0 heterocycles. The molecule has 0 saturated carbocycles. The van der Waals surface area contributed by atoms with E-state index in [1.807, 2.05) is 30.3 Å². The molecule has 2 atom stereocenters. The first-order chi connectivity index (χ1) is 15.7. The van der Waals surface area contributed by atoms with E-state index in [9.17, 15) is 19.5 Å². The first-order valence-electron chi connectivity index (χ1n) is 11.3. The third-order valence-electron chi connectivity index (χ3n) is 5.01. The molecule has 0 radical (unpaired) electrons. The number of aliphatic hydroxyl groups is 1. The van der Waals surface area contributed by atoms with Crippen LogP contribution in [0.2, 0.25) is 0 Å². The number of ether oxygens (including phenoxy) is 1. The maximum absolute atomic E-state index is 12.8. The van der Waals surface area contributed by atoms with E-state index in [2.05, 4.69) is 23.8 Å². The van der Waals surface area contributed by atoms with Crippen molar-refractivity contribution in [2.24, 2.45) is 5.92 Å². The summed E-state index contributed by atoms with van der Waals surface area (Å²) in [5.74, 6) is -1.59. The normalized spacial score (nSPS) is 12.8. The van der Waals surface area contributed by atoms with E-state index in [1.165, 1.54) is 0 Å². The summed E-state index contributed by atoms with van der Waals surface area (Å²) in [5.41, 5.74) is 0.209. The standard InChI is InChI=1S/C26H38N2O5/c1-5-7-9-15-24(31)33-19-26(3,4)28-25(32)21(12-6-2)17-23(30)27-22(18-29)16-20-13-10-8-11-14-20/h5-6,8,10-11,13-14,21-22,29H,1-2,7,9,12,15-19H2,3-4H3,(H,27,30)(H,28,32). The number of allylic oxidation sites excluding steroid dienone is 2. The molecule has 0 aliphatic heterocycles. The summed E-state index contributed by atoms with van der Waals surface area (Å²) in [4.78, 5) is 37.3. The molecule has 33 heavy (non-hydrogen) atoms. The summed E-state index contributed by atoms with van der Waals surface area (Å²) in [6.07, 6.45) is 5.82. The molecule has 0 fully saturated rings. The number of carbonyl (C=O) groups is 3. The zero-order valence-electron chi connectivity index (χ0n) is 19.8. The molecule has 7 heteroatoms. The van der Waals surface area contributed by atoms with Gasteiger partial charge in [-0.05, 0) is 45.1 Å². The fraction of sp³-hybridized carbons (Fsp3) is 0.500. The summed E-state index contributed by atoms with van der Waals surface area (Å²) >= 11 is 0. The number of hydrogen-bond acceptors (Lipinski definition) is 5. The van der Waals surface area contributed by atoms with Gasteiger partial charge in [-0.3, -0.25) is 14.4 Å². The fourth-order valence-electron chi connectivity index (χ4n) is 3.25. The molecule has 2 amide bonds. The van der Waals surface area contributed by atoms with Gasteiger partial charge in [0.15, 0.2) is 0 Å². The van der Waals surface area contributed by atoms with Gasteiger partial charge in [-0.2, -0.15) is 0 Å². The van der Waals surface area contributed by atoms with Crippen LogP contribution in [0.3, 0.4) is 0 Å². The van der Waals surface area contributed by atoms with Crippen LogP contribution in [0.5, 0.6) is 0 Å². The molecule has 1 aromatic rings. The van der Waals surface area contributed by atoms with E-state index in [-0.39, 0.29) is 37.4 Å². The van der Waals surface area contributed by atoms with E-state index in [4.69, 9.17) is 4.74 Å². The minimum Gasteiger partial charge on any atom is -0.463 e. The number of esters is 1. The number of nitrogens with one attached hydrogen (secondary N) is 2. The summed E-state index contributed by atoms with van der Waals surface area (Å²) in [5, 5.41) is 15.3. The highest BCUT2D eigenvalue weighted by molar-refractivity contribution is 5.86. The number of hydrogen-bond donors (Lipinski definition) is 3. The van der Waals surface area contributed by atoms with Crippen molar-refractivity contribution in [3.05, 3.63) is 61.2 Å². The molecular formula is C26H38N2O5. The number of rotatable bonds is 16. The van der Waals surface area contributed by atoms with Gasteiger partial charge in [0.25, 0.3) is 0 Å². The first-order valence-corrected chi connectivity index (χ1v) is 11.3. The van der Waals surface area contributed by atoms with Crippen LogP contribution < -0.4 is 10.6 Å². The van der Waals surface area contributed by atoms with Crippen LogP contribution in [0.25, 0.3) is 0 Å². The Morgan fingerprint density at radius 1 is 1.15 bits per heavy atom. The van der Waals surface area contributed by atoms with Crippen LogP contribution in [-0.4, -0.2) is 47.7 Å². The predicted octanol–water partition coefficient (Wildman–Crippen LogP) is 3.08. The van der Waals surface area contributed by atoms with Gasteiger partial charge >= 0.3 is 5.97 Å². The first kappa shape index (κ1) is 28.1. The lowest BCUT2D eigenvalue weighted by atomic mass is 9.97. The fourth-order valence-corrected chi connectivity index (χ4v) is 3.25.